The summed E-state index contributed by atoms with van der Waals surface area (Å²) in [6.07, 6.45) is 2.41. The molecule has 0 unspecified atom stereocenters. The molecule has 1 aliphatic carbocycles. The molecule has 3 N–H and O–H groups in total. The number of ether oxygens (including phenoxy) is 1. The molecule has 0 bridgehead atoms. The standard InChI is InChI=1S/C16H19N3OS/c1-20-14-6-2-11(3-7-14)12-8-15(21-10-12)9-18-16(17)19-13-4-5-13/h2-3,6-8,10,13H,4-5,9H2,1H3,(H3,17,18,19). The second-order valence-corrected chi connectivity index (χ2v) is 6.15. The fraction of sp³-hybridized carbons (Fsp3) is 0.312. The average molecular weight is 301 g/mol. The zero-order valence-electron chi connectivity index (χ0n) is 12.0. The van der Waals surface area contributed by atoms with Crippen molar-refractivity contribution in [1.82, 2.24) is 5.32 Å². The second-order valence-electron chi connectivity index (χ2n) is 5.15. The summed E-state index contributed by atoms with van der Waals surface area (Å²) in [5, 5.41) is 5.34. The van der Waals surface area contributed by atoms with Crippen molar-refractivity contribution in [2.24, 2.45) is 10.7 Å². The van der Waals surface area contributed by atoms with Gasteiger partial charge >= 0.3 is 0 Å². The maximum Gasteiger partial charge on any atom is 0.189 e. The molecule has 1 saturated carbocycles. The minimum absolute atomic E-state index is 0.548. The largest absolute Gasteiger partial charge is 0.497 e. The van der Waals surface area contributed by atoms with Gasteiger partial charge in [-0.3, -0.25) is 0 Å². The molecule has 1 aliphatic rings. The van der Waals surface area contributed by atoms with E-state index in [9.17, 15) is 0 Å². The molecule has 1 fully saturated rings. The van der Waals surface area contributed by atoms with E-state index >= 15 is 0 Å². The summed E-state index contributed by atoms with van der Waals surface area (Å²) >= 11 is 1.71. The minimum atomic E-state index is 0.548. The first-order valence-electron chi connectivity index (χ1n) is 7.03. The lowest BCUT2D eigenvalue weighted by Gasteiger charge is -2.02. The first-order valence-corrected chi connectivity index (χ1v) is 7.91. The molecule has 1 aromatic heterocycles. The fourth-order valence-corrected chi connectivity index (χ4v) is 2.86. The van der Waals surface area contributed by atoms with Gasteiger partial charge in [-0.05, 0) is 47.5 Å². The predicted molar refractivity (Wildman–Crippen MR) is 87.8 cm³/mol. The Hall–Kier alpha value is -2.01. The molecule has 5 heteroatoms. The van der Waals surface area contributed by atoms with E-state index in [0.717, 1.165) is 5.75 Å². The third-order valence-corrected chi connectivity index (χ3v) is 4.33. The Morgan fingerprint density at radius 2 is 2.10 bits per heavy atom. The Kier molecular flexibility index (Phi) is 4.10. The molecule has 0 atom stereocenters. The molecule has 4 nitrogen and oxygen atoms in total. The van der Waals surface area contributed by atoms with E-state index in [1.54, 1.807) is 18.4 Å². The van der Waals surface area contributed by atoms with Gasteiger partial charge in [0, 0.05) is 10.9 Å². The molecule has 1 heterocycles. The topological polar surface area (TPSA) is 59.6 Å². The summed E-state index contributed by atoms with van der Waals surface area (Å²) in [4.78, 5) is 5.59. The highest BCUT2D eigenvalue weighted by molar-refractivity contribution is 7.10. The molecule has 0 saturated heterocycles. The van der Waals surface area contributed by atoms with E-state index in [4.69, 9.17) is 10.5 Å². The van der Waals surface area contributed by atoms with Gasteiger partial charge in [-0.2, -0.15) is 0 Å². The van der Waals surface area contributed by atoms with Crippen LogP contribution in [0.5, 0.6) is 5.75 Å². The highest BCUT2D eigenvalue weighted by Crippen LogP contribution is 2.27. The molecule has 0 radical (unpaired) electrons. The van der Waals surface area contributed by atoms with Crippen molar-refractivity contribution in [3.05, 3.63) is 40.6 Å². The van der Waals surface area contributed by atoms with E-state index < -0.39 is 0 Å². The number of hydrogen-bond acceptors (Lipinski definition) is 3. The van der Waals surface area contributed by atoms with Crippen LogP contribution in [0, 0.1) is 0 Å². The van der Waals surface area contributed by atoms with Crippen LogP contribution in [0.25, 0.3) is 11.1 Å². The molecule has 0 amide bonds. The lowest BCUT2D eigenvalue weighted by Crippen LogP contribution is -2.33. The zero-order valence-corrected chi connectivity index (χ0v) is 12.8. The average Bonchev–Trinajstić information content (AvgIpc) is 3.19. The van der Waals surface area contributed by atoms with Crippen LogP contribution >= 0.6 is 11.3 Å². The lowest BCUT2D eigenvalue weighted by atomic mass is 10.1. The number of nitrogens with two attached hydrogens (primary N) is 1. The quantitative estimate of drug-likeness (QED) is 0.659. The second kappa shape index (κ2) is 6.18. The van der Waals surface area contributed by atoms with Crippen LogP contribution in [0.1, 0.15) is 17.7 Å². The number of hydrogen-bond donors (Lipinski definition) is 2. The van der Waals surface area contributed by atoms with Crippen molar-refractivity contribution >= 4 is 17.3 Å². The van der Waals surface area contributed by atoms with E-state index in [2.05, 4.69) is 33.9 Å². The Morgan fingerprint density at radius 3 is 2.76 bits per heavy atom. The Labute approximate surface area is 128 Å². The Bertz CT molecular complexity index is 629. The van der Waals surface area contributed by atoms with Crippen molar-refractivity contribution in [2.75, 3.05) is 7.11 Å². The van der Waals surface area contributed by atoms with Gasteiger partial charge in [0.15, 0.2) is 5.96 Å². The molecule has 21 heavy (non-hydrogen) atoms. The van der Waals surface area contributed by atoms with Gasteiger partial charge in [-0.25, -0.2) is 4.99 Å². The van der Waals surface area contributed by atoms with Gasteiger partial charge in [-0.15, -0.1) is 11.3 Å². The van der Waals surface area contributed by atoms with E-state index in [1.165, 1.54) is 28.8 Å². The molecular weight excluding hydrogens is 282 g/mol. The summed E-state index contributed by atoms with van der Waals surface area (Å²) < 4.78 is 5.18. The molecule has 110 valence electrons. The number of guanidine groups is 1. The summed E-state index contributed by atoms with van der Waals surface area (Å²) in [5.41, 5.74) is 8.24. The van der Waals surface area contributed by atoms with Crippen LogP contribution in [-0.2, 0) is 6.54 Å². The predicted octanol–water partition coefficient (Wildman–Crippen LogP) is 2.99. The fourth-order valence-electron chi connectivity index (χ4n) is 2.04. The van der Waals surface area contributed by atoms with Crippen molar-refractivity contribution < 1.29 is 4.74 Å². The van der Waals surface area contributed by atoms with Crippen LogP contribution in [0.2, 0.25) is 0 Å². The highest BCUT2D eigenvalue weighted by Gasteiger charge is 2.21. The van der Waals surface area contributed by atoms with Gasteiger partial charge in [0.2, 0.25) is 0 Å². The summed E-state index contributed by atoms with van der Waals surface area (Å²) in [6, 6.07) is 10.8. The summed E-state index contributed by atoms with van der Waals surface area (Å²) in [6.45, 7) is 0.631. The first-order chi connectivity index (χ1) is 10.2. The van der Waals surface area contributed by atoms with Crippen LogP contribution in [-0.4, -0.2) is 19.1 Å². The van der Waals surface area contributed by atoms with Crippen LogP contribution < -0.4 is 15.8 Å². The van der Waals surface area contributed by atoms with Gasteiger partial charge < -0.3 is 15.8 Å². The highest BCUT2D eigenvalue weighted by atomic mass is 32.1. The van der Waals surface area contributed by atoms with E-state index in [-0.39, 0.29) is 0 Å². The summed E-state index contributed by atoms with van der Waals surface area (Å²) in [5.74, 6) is 1.43. The number of rotatable bonds is 5. The maximum atomic E-state index is 5.84. The maximum absolute atomic E-state index is 5.84. The third-order valence-electron chi connectivity index (χ3n) is 3.41. The van der Waals surface area contributed by atoms with Crippen LogP contribution in [0.3, 0.4) is 0 Å². The normalized spacial score (nSPS) is 15.0. The minimum Gasteiger partial charge on any atom is -0.497 e. The smallest absolute Gasteiger partial charge is 0.189 e. The number of methoxy groups -OCH3 is 1. The molecule has 3 rings (SSSR count). The molecule has 1 aromatic carbocycles. The first kappa shape index (κ1) is 13.9. The van der Waals surface area contributed by atoms with Crippen molar-refractivity contribution in [2.45, 2.75) is 25.4 Å². The number of nitrogens with zero attached hydrogens (tertiary/aromatic N) is 1. The number of aliphatic imine (C=N–C) groups is 1. The monoisotopic (exact) mass is 301 g/mol. The van der Waals surface area contributed by atoms with Gasteiger partial charge in [0.25, 0.3) is 0 Å². The number of nitrogens with one attached hydrogen (secondary N) is 1. The van der Waals surface area contributed by atoms with Crippen molar-refractivity contribution in [3.63, 3.8) is 0 Å². The zero-order chi connectivity index (χ0) is 14.7. The molecule has 2 aromatic rings. The molecule has 0 spiro atoms. The number of benzene rings is 1. The van der Waals surface area contributed by atoms with Crippen molar-refractivity contribution in [1.29, 1.82) is 0 Å². The van der Waals surface area contributed by atoms with E-state index in [1.807, 2.05) is 12.1 Å². The molecular formula is C16H19N3OS. The SMILES string of the molecule is COc1ccc(-c2csc(CN=C(N)NC3CC3)c2)cc1. The number of thiophene rings is 1. The van der Waals surface area contributed by atoms with Gasteiger partial charge in [0.1, 0.15) is 5.75 Å². The third kappa shape index (κ3) is 3.76. The van der Waals surface area contributed by atoms with Crippen LogP contribution in [0.4, 0.5) is 0 Å². The van der Waals surface area contributed by atoms with E-state index in [0.29, 0.717) is 18.5 Å². The Morgan fingerprint density at radius 1 is 1.33 bits per heavy atom. The Balaban J connectivity index is 1.64. The molecule has 0 aliphatic heterocycles. The van der Waals surface area contributed by atoms with Crippen molar-refractivity contribution in [3.8, 4) is 16.9 Å². The lowest BCUT2D eigenvalue weighted by molar-refractivity contribution is 0.415. The summed E-state index contributed by atoms with van der Waals surface area (Å²) in [7, 11) is 1.68. The van der Waals surface area contributed by atoms with Crippen LogP contribution in [0.15, 0.2) is 40.7 Å². The van der Waals surface area contributed by atoms with Gasteiger partial charge in [0.05, 0.1) is 13.7 Å². The van der Waals surface area contributed by atoms with Gasteiger partial charge in [-0.1, -0.05) is 12.1 Å².